The second kappa shape index (κ2) is 7.43. The molecule has 24 heavy (non-hydrogen) atoms. The van der Waals surface area contributed by atoms with Crippen LogP contribution >= 0.6 is 0 Å². The normalized spacial score (nSPS) is 11.2. The lowest BCUT2D eigenvalue weighted by Gasteiger charge is -2.02. The van der Waals surface area contributed by atoms with Crippen LogP contribution < -0.4 is 5.32 Å². The summed E-state index contributed by atoms with van der Waals surface area (Å²) in [5.41, 5.74) is 1.79. The number of fused-ring (bicyclic) bond motifs is 2. The number of hydrogen-bond donors (Lipinski definition) is 1. The van der Waals surface area contributed by atoms with E-state index >= 15 is 0 Å². The molecular weight excluding hydrogens is 300 g/mol. The Morgan fingerprint density at radius 1 is 1.17 bits per heavy atom. The number of anilines is 1. The van der Waals surface area contributed by atoms with Crippen LogP contribution in [-0.4, -0.2) is 20.7 Å². The molecule has 0 spiro atoms. The Labute approximate surface area is 142 Å². The minimum atomic E-state index is 0.0204. The summed E-state index contributed by atoms with van der Waals surface area (Å²) >= 11 is 0. The number of rotatable bonds is 7. The average molecular weight is 324 g/mol. The second-order valence-electron chi connectivity index (χ2n) is 6.13. The first kappa shape index (κ1) is 16.4. The Bertz CT molecular complexity index is 853. The molecule has 0 fully saturated rings. The Hall–Kier alpha value is -2.43. The van der Waals surface area contributed by atoms with Crippen molar-refractivity contribution < 1.29 is 4.79 Å². The molecule has 0 saturated heterocycles. The van der Waals surface area contributed by atoms with Crippen molar-refractivity contribution in [2.45, 2.75) is 52.5 Å². The van der Waals surface area contributed by atoms with Crippen LogP contribution in [0.5, 0.6) is 0 Å². The quantitative estimate of drug-likeness (QED) is 0.695. The first-order valence-electron chi connectivity index (χ1n) is 8.79. The molecule has 5 heteroatoms. The third kappa shape index (κ3) is 3.40. The number of carbonyl (C=O) groups excluding carboxylic acids is 1. The van der Waals surface area contributed by atoms with Crippen LogP contribution in [0.25, 0.3) is 21.9 Å². The summed E-state index contributed by atoms with van der Waals surface area (Å²) in [6.45, 7) is 5.04. The molecule has 126 valence electrons. The molecule has 0 radical (unpaired) electrons. The van der Waals surface area contributed by atoms with Crippen molar-refractivity contribution in [3.63, 3.8) is 0 Å². The average Bonchev–Trinajstić information content (AvgIpc) is 2.93. The highest BCUT2D eigenvalue weighted by atomic mass is 16.1. The first-order valence-corrected chi connectivity index (χ1v) is 8.79. The van der Waals surface area contributed by atoms with Gasteiger partial charge in [-0.1, -0.05) is 44.9 Å². The predicted octanol–water partition coefficient (Wildman–Crippen LogP) is 4.51. The number of amides is 1. The monoisotopic (exact) mass is 324 g/mol. The van der Waals surface area contributed by atoms with Crippen LogP contribution in [0.15, 0.2) is 30.3 Å². The summed E-state index contributed by atoms with van der Waals surface area (Å²) in [5, 5.41) is 9.56. The molecule has 3 rings (SSSR count). The van der Waals surface area contributed by atoms with Gasteiger partial charge in [-0.25, -0.2) is 9.67 Å². The van der Waals surface area contributed by atoms with Gasteiger partial charge < -0.3 is 5.32 Å². The fourth-order valence-corrected chi connectivity index (χ4v) is 2.79. The van der Waals surface area contributed by atoms with E-state index in [1.807, 2.05) is 28.9 Å². The zero-order valence-corrected chi connectivity index (χ0v) is 14.4. The molecule has 0 aliphatic heterocycles. The van der Waals surface area contributed by atoms with E-state index in [-0.39, 0.29) is 5.91 Å². The molecule has 2 heterocycles. The van der Waals surface area contributed by atoms with Crippen LogP contribution in [-0.2, 0) is 11.3 Å². The van der Waals surface area contributed by atoms with E-state index in [9.17, 15) is 4.79 Å². The highest BCUT2D eigenvalue weighted by Gasteiger charge is 2.15. The lowest BCUT2D eigenvalue weighted by Crippen LogP contribution is -2.12. The summed E-state index contributed by atoms with van der Waals surface area (Å²) in [6, 6.07) is 10.1. The topological polar surface area (TPSA) is 59.8 Å². The van der Waals surface area contributed by atoms with Gasteiger partial charge in [0.1, 0.15) is 0 Å². The molecule has 0 aliphatic rings. The van der Waals surface area contributed by atoms with E-state index in [0.717, 1.165) is 54.2 Å². The molecule has 0 bridgehead atoms. The van der Waals surface area contributed by atoms with Crippen molar-refractivity contribution in [2.75, 3.05) is 5.32 Å². The molecule has 3 aromatic rings. The van der Waals surface area contributed by atoms with E-state index in [1.54, 1.807) is 0 Å². The van der Waals surface area contributed by atoms with E-state index < -0.39 is 0 Å². The lowest BCUT2D eigenvalue weighted by atomic mass is 10.2. The summed E-state index contributed by atoms with van der Waals surface area (Å²) in [4.78, 5) is 16.9. The number of unbranched alkanes of at least 4 members (excludes halogenated alkanes) is 2. The first-order chi connectivity index (χ1) is 11.7. The van der Waals surface area contributed by atoms with E-state index in [1.165, 1.54) is 0 Å². The van der Waals surface area contributed by atoms with Gasteiger partial charge in [0.25, 0.3) is 0 Å². The molecule has 1 N–H and O–H groups in total. The number of pyridine rings is 1. The van der Waals surface area contributed by atoms with Gasteiger partial charge in [0.2, 0.25) is 5.91 Å². The third-order valence-electron chi connectivity index (χ3n) is 4.16. The number of nitrogens with one attached hydrogen (secondary N) is 1. The van der Waals surface area contributed by atoms with Crippen molar-refractivity contribution >= 4 is 33.7 Å². The Morgan fingerprint density at radius 3 is 2.75 bits per heavy atom. The van der Waals surface area contributed by atoms with Gasteiger partial charge >= 0.3 is 0 Å². The number of aryl methyl sites for hydroxylation is 1. The van der Waals surface area contributed by atoms with Crippen molar-refractivity contribution in [1.29, 1.82) is 0 Å². The van der Waals surface area contributed by atoms with Gasteiger partial charge in [0.15, 0.2) is 11.5 Å². The molecule has 1 aromatic carbocycles. The largest absolute Gasteiger partial charge is 0.309 e. The maximum atomic E-state index is 12.1. The third-order valence-corrected chi connectivity index (χ3v) is 4.16. The number of aromatic nitrogens is 3. The minimum Gasteiger partial charge on any atom is -0.309 e. The lowest BCUT2D eigenvalue weighted by molar-refractivity contribution is -0.116. The predicted molar refractivity (Wildman–Crippen MR) is 98.1 cm³/mol. The summed E-state index contributed by atoms with van der Waals surface area (Å²) in [6.07, 6.45) is 4.55. The number of nitrogens with zero attached hydrogens (tertiary/aromatic N) is 3. The van der Waals surface area contributed by atoms with Crippen molar-refractivity contribution in [2.24, 2.45) is 0 Å². The van der Waals surface area contributed by atoms with Gasteiger partial charge in [-0.15, -0.1) is 0 Å². The zero-order chi connectivity index (χ0) is 16.9. The Kier molecular flexibility index (Phi) is 5.08. The van der Waals surface area contributed by atoms with E-state index in [0.29, 0.717) is 12.2 Å². The van der Waals surface area contributed by atoms with E-state index in [2.05, 4.69) is 30.3 Å². The Balaban J connectivity index is 2.03. The van der Waals surface area contributed by atoms with Crippen molar-refractivity contribution in [1.82, 2.24) is 14.8 Å². The maximum Gasteiger partial charge on any atom is 0.225 e. The molecular formula is C19H24N4O. The summed E-state index contributed by atoms with van der Waals surface area (Å²) in [5.74, 6) is 0.646. The fourth-order valence-electron chi connectivity index (χ4n) is 2.79. The Morgan fingerprint density at radius 2 is 1.96 bits per heavy atom. The number of benzene rings is 1. The van der Waals surface area contributed by atoms with Gasteiger partial charge in [0, 0.05) is 18.4 Å². The van der Waals surface area contributed by atoms with Crippen LogP contribution in [0.1, 0.15) is 46.0 Å². The zero-order valence-electron chi connectivity index (χ0n) is 14.4. The van der Waals surface area contributed by atoms with Gasteiger partial charge in [0.05, 0.1) is 10.9 Å². The number of carbonyl (C=O) groups is 1. The highest BCUT2D eigenvalue weighted by molar-refractivity contribution is 6.02. The number of para-hydroxylation sites is 1. The molecule has 0 atom stereocenters. The van der Waals surface area contributed by atoms with Crippen molar-refractivity contribution in [3.05, 3.63) is 30.3 Å². The fraction of sp³-hybridized carbons (Fsp3) is 0.421. The second-order valence-corrected chi connectivity index (χ2v) is 6.13. The minimum absolute atomic E-state index is 0.0204. The summed E-state index contributed by atoms with van der Waals surface area (Å²) < 4.78 is 1.92. The SMILES string of the molecule is CCCCC(=O)Nc1nn(CCCC)c2nc3ccccc3cc12. The molecule has 2 aromatic heterocycles. The maximum absolute atomic E-state index is 12.1. The summed E-state index contributed by atoms with van der Waals surface area (Å²) in [7, 11) is 0. The van der Waals surface area contributed by atoms with Crippen LogP contribution in [0, 0.1) is 0 Å². The van der Waals surface area contributed by atoms with Crippen LogP contribution in [0.3, 0.4) is 0 Å². The number of hydrogen-bond acceptors (Lipinski definition) is 3. The van der Waals surface area contributed by atoms with Crippen LogP contribution in [0.4, 0.5) is 5.82 Å². The molecule has 0 unspecified atom stereocenters. The van der Waals surface area contributed by atoms with Gasteiger partial charge in [-0.05, 0) is 25.0 Å². The molecule has 1 amide bonds. The molecule has 0 saturated carbocycles. The van der Waals surface area contributed by atoms with Crippen LogP contribution in [0.2, 0.25) is 0 Å². The molecule has 0 aliphatic carbocycles. The molecule has 5 nitrogen and oxygen atoms in total. The van der Waals surface area contributed by atoms with Gasteiger partial charge in [-0.2, -0.15) is 5.10 Å². The van der Waals surface area contributed by atoms with Crippen molar-refractivity contribution in [3.8, 4) is 0 Å². The standard InChI is InChI=1S/C19H24N4O/c1-3-5-11-17(24)21-18-15-13-14-9-7-8-10-16(14)20-19(15)23(22-18)12-6-4-2/h7-10,13H,3-6,11-12H2,1-2H3,(H,21,22,24). The smallest absolute Gasteiger partial charge is 0.225 e. The van der Waals surface area contributed by atoms with Gasteiger partial charge in [-0.3, -0.25) is 4.79 Å². The highest BCUT2D eigenvalue weighted by Crippen LogP contribution is 2.26. The van der Waals surface area contributed by atoms with E-state index in [4.69, 9.17) is 4.98 Å².